The van der Waals surface area contributed by atoms with Crippen molar-refractivity contribution in [3.05, 3.63) is 52.5 Å². The van der Waals surface area contributed by atoms with E-state index in [1.165, 1.54) is 31.2 Å². The highest BCUT2D eigenvalue weighted by molar-refractivity contribution is 6.32. The van der Waals surface area contributed by atoms with Crippen LogP contribution in [0.4, 0.5) is 0 Å². The van der Waals surface area contributed by atoms with E-state index in [4.69, 9.17) is 25.8 Å². The predicted octanol–water partition coefficient (Wildman–Crippen LogP) is 6.01. The van der Waals surface area contributed by atoms with E-state index in [-0.39, 0.29) is 0 Å². The number of carboxylic acid groups (broad SMARTS) is 1. The fourth-order valence-electron chi connectivity index (χ4n) is 4.32. The minimum absolute atomic E-state index is 0.455. The minimum atomic E-state index is -1.19. The summed E-state index contributed by atoms with van der Waals surface area (Å²) in [5, 5.41) is 10.1. The summed E-state index contributed by atoms with van der Waals surface area (Å²) in [6, 6.07) is 11.7. The van der Waals surface area contributed by atoms with Gasteiger partial charge in [-0.15, -0.1) is 0 Å². The quantitative estimate of drug-likeness (QED) is 0.505. The van der Waals surface area contributed by atoms with E-state index in [0.29, 0.717) is 60.7 Å². The normalized spacial score (nSPS) is 20.7. The van der Waals surface area contributed by atoms with Gasteiger partial charge in [0.2, 0.25) is 5.60 Å². The van der Waals surface area contributed by atoms with Crippen molar-refractivity contribution in [1.82, 2.24) is 0 Å². The third kappa shape index (κ3) is 5.09. The summed E-state index contributed by atoms with van der Waals surface area (Å²) >= 11 is 6.42. The molecule has 0 saturated heterocycles. The highest BCUT2D eigenvalue weighted by Crippen LogP contribution is 2.38. The van der Waals surface area contributed by atoms with Crippen molar-refractivity contribution in [3.8, 4) is 17.2 Å². The van der Waals surface area contributed by atoms with Crippen molar-refractivity contribution in [2.45, 2.75) is 63.4 Å². The molecular formula is C25H29ClO5. The molecule has 1 N–H and O–H groups in total. The summed E-state index contributed by atoms with van der Waals surface area (Å²) in [6.07, 6.45) is 6.93. The Morgan fingerprint density at radius 1 is 1.16 bits per heavy atom. The van der Waals surface area contributed by atoms with Crippen LogP contribution in [0.1, 0.15) is 62.5 Å². The zero-order chi connectivity index (χ0) is 21.8. The number of benzene rings is 2. The summed E-state index contributed by atoms with van der Waals surface area (Å²) in [6.45, 7) is 2.59. The van der Waals surface area contributed by atoms with E-state index in [9.17, 15) is 9.90 Å². The van der Waals surface area contributed by atoms with E-state index >= 15 is 0 Å². The van der Waals surface area contributed by atoms with Crippen molar-refractivity contribution in [2.75, 3.05) is 13.2 Å². The van der Waals surface area contributed by atoms with Gasteiger partial charge in [0.15, 0.2) is 0 Å². The first-order chi connectivity index (χ1) is 14.9. The number of carboxylic acids is 1. The number of hydrogen-bond acceptors (Lipinski definition) is 4. The number of hydrogen-bond donors (Lipinski definition) is 1. The zero-order valence-electron chi connectivity index (χ0n) is 17.9. The molecule has 5 nitrogen and oxygen atoms in total. The molecule has 1 heterocycles. The van der Waals surface area contributed by atoms with Crippen LogP contribution < -0.4 is 14.2 Å². The van der Waals surface area contributed by atoms with Gasteiger partial charge in [0, 0.05) is 18.9 Å². The maximum Gasteiger partial charge on any atom is 0.347 e. The SMILES string of the molecule is CC1(C(=O)O)CCc2ccc(OCCCOc3ccc(C4CCCC4)cc3Cl)cc2O1. The van der Waals surface area contributed by atoms with Gasteiger partial charge in [0.1, 0.15) is 17.2 Å². The molecule has 1 saturated carbocycles. The molecule has 1 aliphatic heterocycles. The summed E-state index contributed by atoms with van der Waals surface area (Å²) in [5.41, 5.74) is 1.13. The second-order valence-corrected chi connectivity index (χ2v) is 9.04. The lowest BCUT2D eigenvalue weighted by molar-refractivity contribution is -0.155. The predicted molar refractivity (Wildman–Crippen MR) is 120 cm³/mol. The zero-order valence-corrected chi connectivity index (χ0v) is 18.6. The van der Waals surface area contributed by atoms with Crippen LogP contribution in [-0.2, 0) is 11.2 Å². The van der Waals surface area contributed by atoms with E-state index in [1.54, 1.807) is 13.0 Å². The van der Waals surface area contributed by atoms with Gasteiger partial charge in [-0.2, -0.15) is 0 Å². The molecule has 166 valence electrons. The first-order valence-corrected chi connectivity index (χ1v) is 11.4. The van der Waals surface area contributed by atoms with Crippen molar-refractivity contribution < 1.29 is 24.1 Å². The summed E-state index contributed by atoms with van der Waals surface area (Å²) in [7, 11) is 0. The standard InChI is InChI=1S/C25H29ClO5/c1-25(24(27)28)12-11-18-7-9-20(16-23(18)31-25)29-13-4-14-30-22-10-8-19(15-21(22)26)17-5-2-3-6-17/h7-10,15-17H,2-6,11-14H2,1H3,(H,27,28). The van der Waals surface area contributed by atoms with Gasteiger partial charge in [0.25, 0.3) is 0 Å². The van der Waals surface area contributed by atoms with Gasteiger partial charge in [-0.3, -0.25) is 0 Å². The molecule has 1 aliphatic carbocycles. The van der Waals surface area contributed by atoms with Crippen LogP contribution in [-0.4, -0.2) is 29.9 Å². The third-order valence-electron chi connectivity index (χ3n) is 6.30. The van der Waals surface area contributed by atoms with Crippen LogP contribution >= 0.6 is 11.6 Å². The highest BCUT2D eigenvalue weighted by atomic mass is 35.5. The minimum Gasteiger partial charge on any atom is -0.493 e. The topological polar surface area (TPSA) is 65.0 Å². The van der Waals surface area contributed by atoms with E-state index < -0.39 is 11.6 Å². The number of halogens is 1. The second-order valence-electron chi connectivity index (χ2n) is 8.63. The maximum absolute atomic E-state index is 11.5. The lowest BCUT2D eigenvalue weighted by Crippen LogP contribution is -2.44. The average Bonchev–Trinajstić information content (AvgIpc) is 3.29. The Bertz CT molecular complexity index is 938. The van der Waals surface area contributed by atoms with Crippen LogP contribution in [0, 0.1) is 0 Å². The monoisotopic (exact) mass is 444 g/mol. The highest BCUT2D eigenvalue weighted by Gasteiger charge is 2.39. The van der Waals surface area contributed by atoms with Crippen molar-refractivity contribution in [2.24, 2.45) is 0 Å². The van der Waals surface area contributed by atoms with Crippen LogP contribution in [0.25, 0.3) is 0 Å². The van der Waals surface area contributed by atoms with Crippen molar-refractivity contribution >= 4 is 17.6 Å². The lowest BCUT2D eigenvalue weighted by atomic mass is 9.93. The molecule has 0 bridgehead atoms. The Hall–Kier alpha value is -2.40. The molecule has 2 aromatic rings. The molecular weight excluding hydrogens is 416 g/mol. The molecule has 1 atom stereocenters. The van der Waals surface area contributed by atoms with Gasteiger partial charge >= 0.3 is 5.97 Å². The fourth-order valence-corrected chi connectivity index (χ4v) is 4.57. The molecule has 31 heavy (non-hydrogen) atoms. The Balaban J connectivity index is 1.25. The van der Waals surface area contributed by atoms with E-state index in [2.05, 4.69) is 6.07 Å². The number of aliphatic carboxylic acids is 1. The van der Waals surface area contributed by atoms with E-state index in [1.807, 2.05) is 24.3 Å². The molecule has 0 amide bonds. The molecule has 2 aliphatic rings. The van der Waals surface area contributed by atoms with Gasteiger partial charge in [-0.05, 0) is 61.4 Å². The van der Waals surface area contributed by atoms with Crippen LogP contribution in [0.15, 0.2) is 36.4 Å². The first kappa shape index (κ1) is 21.8. The van der Waals surface area contributed by atoms with Crippen molar-refractivity contribution in [1.29, 1.82) is 0 Å². The lowest BCUT2D eigenvalue weighted by Gasteiger charge is -2.32. The molecule has 4 rings (SSSR count). The van der Waals surface area contributed by atoms with Crippen LogP contribution in [0.2, 0.25) is 5.02 Å². The number of rotatable bonds is 8. The van der Waals surface area contributed by atoms with Gasteiger partial charge in [-0.25, -0.2) is 4.79 Å². The Kier molecular flexibility index (Phi) is 6.61. The Morgan fingerprint density at radius 2 is 1.94 bits per heavy atom. The van der Waals surface area contributed by atoms with Gasteiger partial charge in [0.05, 0.1) is 18.2 Å². The molecule has 2 aromatic carbocycles. The average molecular weight is 445 g/mol. The van der Waals surface area contributed by atoms with Crippen molar-refractivity contribution in [3.63, 3.8) is 0 Å². The largest absolute Gasteiger partial charge is 0.493 e. The molecule has 0 aromatic heterocycles. The van der Waals surface area contributed by atoms with E-state index in [0.717, 1.165) is 5.56 Å². The fraction of sp³-hybridized carbons (Fsp3) is 0.480. The first-order valence-electron chi connectivity index (χ1n) is 11.0. The maximum atomic E-state index is 11.5. The Labute approximate surface area is 188 Å². The number of carbonyl (C=O) groups is 1. The molecule has 0 radical (unpaired) electrons. The summed E-state index contributed by atoms with van der Waals surface area (Å²) in [4.78, 5) is 11.5. The molecule has 1 unspecified atom stereocenters. The van der Waals surface area contributed by atoms with Gasteiger partial charge in [-0.1, -0.05) is 36.6 Å². The number of ether oxygens (including phenoxy) is 3. The smallest absolute Gasteiger partial charge is 0.347 e. The number of fused-ring (bicyclic) bond motifs is 1. The van der Waals surface area contributed by atoms with Crippen LogP contribution in [0.5, 0.6) is 17.2 Å². The van der Waals surface area contributed by atoms with Crippen LogP contribution in [0.3, 0.4) is 0 Å². The summed E-state index contributed by atoms with van der Waals surface area (Å²) in [5.74, 6) is 1.63. The molecule has 6 heteroatoms. The van der Waals surface area contributed by atoms with Gasteiger partial charge < -0.3 is 19.3 Å². The molecule has 1 fully saturated rings. The number of aryl methyl sites for hydroxylation is 1. The second kappa shape index (κ2) is 9.39. The Morgan fingerprint density at radius 3 is 2.68 bits per heavy atom. The summed E-state index contributed by atoms with van der Waals surface area (Å²) < 4.78 is 17.4. The molecule has 0 spiro atoms. The third-order valence-corrected chi connectivity index (χ3v) is 6.59.